The van der Waals surface area contributed by atoms with Crippen molar-refractivity contribution in [2.75, 3.05) is 5.32 Å². The fourth-order valence-corrected chi connectivity index (χ4v) is 3.12. The first kappa shape index (κ1) is 14.5. The van der Waals surface area contributed by atoms with E-state index in [-0.39, 0.29) is 0 Å². The lowest BCUT2D eigenvalue weighted by atomic mass is 10.0. The van der Waals surface area contributed by atoms with E-state index in [2.05, 4.69) is 58.3 Å². The van der Waals surface area contributed by atoms with Crippen LogP contribution in [0.25, 0.3) is 21.8 Å². The SMILES string of the molecule is C=C(CCc1cccc2[nH]ccc12)Nc1cccc2ncccc12. The summed E-state index contributed by atoms with van der Waals surface area (Å²) in [5.74, 6) is 0. The van der Waals surface area contributed by atoms with Crippen LogP contribution >= 0.6 is 0 Å². The Bertz CT molecular complexity index is 1010. The molecule has 0 aliphatic heterocycles. The zero-order valence-corrected chi connectivity index (χ0v) is 13.4. The number of fused-ring (bicyclic) bond motifs is 2. The number of hydrogen-bond donors (Lipinski definition) is 2. The van der Waals surface area contributed by atoms with Gasteiger partial charge in [0, 0.05) is 40.1 Å². The Labute approximate surface area is 141 Å². The normalized spacial score (nSPS) is 11.0. The highest BCUT2D eigenvalue weighted by Gasteiger charge is 2.05. The molecule has 0 bridgehead atoms. The zero-order chi connectivity index (χ0) is 16.4. The van der Waals surface area contributed by atoms with Gasteiger partial charge in [-0.25, -0.2) is 0 Å². The molecule has 4 rings (SSSR count). The summed E-state index contributed by atoms with van der Waals surface area (Å²) in [5.41, 5.74) is 5.60. The van der Waals surface area contributed by atoms with Crippen LogP contribution in [-0.2, 0) is 6.42 Å². The largest absolute Gasteiger partial charge is 0.361 e. The number of anilines is 1. The number of allylic oxidation sites excluding steroid dienone is 1. The number of aromatic amines is 1. The lowest BCUT2D eigenvalue weighted by molar-refractivity contribution is 0.959. The molecule has 0 atom stereocenters. The Kier molecular flexibility index (Phi) is 3.75. The van der Waals surface area contributed by atoms with Gasteiger partial charge in [-0.2, -0.15) is 0 Å². The van der Waals surface area contributed by atoms with Gasteiger partial charge in [-0.15, -0.1) is 0 Å². The Hall–Kier alpha value is -3.07. The van der Waals surface area contributed by atoms with Gasteiger partial charge in [0.05, 0.1) is 5.52 Å². The quantitative estimate of drug-likeness (QED) is 0.526. The summed E-state index contributed by atoms with van der Waals surface area (Å²) in [7, 11) is 0. The van der Waals surface area contributed by atoms with Crippen molar-refractivity contribution in [2.45, 2.75) is 12.8 Å². The molecule has 2 aromatic heterocycles. The highest BCUT2D eigenvalue weighted by molar-refractivity contribution is 5.91. The van der Waals surface area contributed by atoms with Crippen molar-refractivity contribution in [3.8, 4) is 0 Å². The monoisotopic (exact) mass is 313 g/mol. The van der Waals surface area contributed by atoms with Crippen molar-refractivity contribution in [3.63, 3.8) is 0 Å². The second-order valence-electron chi connectivity index (χ2n) is 5.96. The van der Waals surface area contributed by atoms with Crippen molar-refractivity contribution >= 4 is 27.5 Å². The molecule has 0 aliphatic carbocycles. The highest BCUT2D eigenvalue weighted by Crippen LogP contribution is 2.24. The van der Waals surface area contributed by atoms with E-state index in [0.717, 1.165) is 35.1 Å². The summed E-state index contributed by atoms with van der Waals surface area (Å²) in [6.45, 7) is 4.20. The molecule has 3 heteroatoms. The average molecular weight is 313 g/mol. The molecule has 0 saturated carbocycles. The number of hydrogen-bond acceptors (Lipinski definition) is 2. The van der Waals surface area contributed by atoms with E-state index in [1.165, 1.54) is 16.5 Å². The van der Waals surface area contributed by atoms with Gasteiger partial charge < -0.3 is 10.3 Å². The van der Waals surface area contributed by atoms with Crippen LogP contribution in [0.5, 0.6) is 0 Å². The van der Waals surface area contributed by atoms with Crippen molar-refractivity contribution in [2.24, 2.45) is 0 Å². The van der Waals surface area contributed by atoms with Crippen LogP contribution in [0.3, 0.4) is 0 Å². The standard InChI is InChI=1S/C21H19N3/c1-15(10-11-16-5-2-7-19-17(16)12-14-23-19)24-21-9-3-8-20-18(21)6-4-13-22-20/h2-9,12-14,23-24H,1,10-11H2. The van der Waals surface area contributed by atoms with Gasteiger partial charge in [0.2, 0.25) is 0 Å². The predicted molar refractivity (Wildman–Crippen MR) is 101 cm³/mol. The van der Waals surface area contributed by atoms with Crippen LogP contribution in [0.15, 0.2) is 79.3 Å². The van der Waals surface area contributed by atoms with Gasteiger partial charge >= 0.3 is 0 Å². The van der Waals surface area contributed by atoms with Gasteiger partial charge in [0.15, 0.2) is 0 Å². The minimum atomic E-state index is 0.890. The fourth-order valence-electron chi connectivity index (χ4n) is 3.12. The number of aryl methyl sites for hydroxylation is 1. The van der Waals surface area contributed by atoms with Gasteiger partial charge in [-0.3, -0.25) is 4.98 Å². The smallest absolute Gasteiger partial charge is 0.0722 e. The number of aromatic nitrogens is 2. The number of pyridine rings is 1. The van der Waals surface area contributed by atoms with Crippen LogP contribution in [0.4, 0.5) is 5.69 Å². The van der Waals surface area contributed by atoms with E-state index in [4.69, 9.17) is 0 Å². The Morgan fingerprint density at radius 1 is 1.00 bits per heavy atom. The van der Waals surface area contributed by atoms with Crippen LogP contribution < -0.4 is 5.32 Å². The molecule has 0 aliphatic rings. The molecule has 0 unspecified atom stereocenters. The van der Waals surface area contributed by atoms with Crippen molar-refractivity contribution in [3.05, 3.63) is 84.8 Å². The molecule has 3 nitrogen and oxygen atoms in total. The van der Waals surface area contributed by atoms with Gasteiger partial charge in [0.25, 0.3) is 0 Å². The lowest BCUT2D eigenvalue weighted by Gasteiger charge is -2.12. The molecule has 2 N–H and O–H groups in total. The minimum Gasteiger partial charge on any atom is -0.361 e. The first-order valence-corrected chi connectivity index (χ1v) is 8.15. The number of nitrogens with one attached hydrogen (secondary N) is 2. The molecule has 0 amide bonds. The maximum Gasteiger partial charge on any atom is 0.0722 e. The number of H-pyrrole nitrogens is 1. The topological polar surface area (TPSA) is 40.7 Å². The van der Waals surface area contributed by atoms with E-state index in [9.17, 15) is 0 Å². The molecular formula is C21H19N3. The van der Waals surface area contributed by atoms with Crippen molar-refractivity contribution in [1.29, 1.82) is 0 Å². The molecule has 24 heavy (non-hydrogen) atoms. The fraction of sp³-hybridized carbons (Fsp3) is 0.0952. The third kappa shape index (κ3) is 2.76. The van der Waals surface area contributed by atoms with Crippen LogP contribution in [0, 0.1) is 0 Å². The summed E-state index contributed by atoms with van der Waals surface area (Å²) < 4.78 is 0. The van der Waals surface area contributed by atoms with E-state index in [1.807, 2.05) is 30.6 Å². The Balaban J connectivity index is 1.50. The second kappa shape index (κ2) is 6.20. The van der Waals surface area contributed by atoms with E-state index < -0.39 is 0 Å². The first-order chi connectivity index (χ1) is 11.8. The summed E-state index contributed by atoms with van der Waals surface area (Å²) in [4.78, 5) is 7.66. The average Bonchev–Trinajstić information content (AvgIpc) is 3.09. The summed E-state index contributed by atoms with van der Waals surface area (Å²) in [5, 5.41) is 5.87. The van der Waals surface area contributed by atoms with Gasteiger partial charge in [0.1, 0.15) is 0 Å². The summed E-state index contributed by atoms with van der Waals surface area (Å²) in [6, 6.07) is 18.7. The third-order valence-corrected chi connectivity index (χ3v) is 4.34. The highest BCUT2D eigenvalue weighted by atomic mass is 14.9. The van der Waals surface area contributed by atoms with E-state index >= 15 is 0 Å². The van der Waals surface area contributed by atoms with E-state index in [0.29, 0.717) is 0 Å². The number of rotatable bonds is 5. The van der Waals surface area contributed by atoms with Crippen LogP contribution in [0.1, 0.15) is 12.0 Å². The molecule has 0 radical (unpaired) electrons. The zero-order valence-electron chi connectivity index (χ0n) is 13.4. The van der Waals surface area contributed by atoms with Gasteiger partial charge in [-0.05, 0) is 54.8 Å². The molecule has 0 fully saturated rings. The van der Waals surface area contributed by atoms with Crippen LogP contribution in [0.2, 0.25) is 0 Å². The summed E-state index contributed by atoms with van der Waals surface area (Å²) in [6.07, 6.45) is 5.66. The lowest BCUT2D eigenvalue weighted by Crippen LogP contribution is -2.01. The molecule has 2 heterocycles. The van der Waals surface area contributed by atoms with E-state index in [1.54, 1.807) is 0 Å². The van der Waals surface area contributed by atoms with Crippen molar-refractivity contribution < 1.29 is 0 Å². The molecular weight excluding hydrogens is 294 g/mol. The predicted octanol–water partition coefficient (Wildman–Crippen LogP) is 5.27. The Morgan fingerprint density at radius 3 is 2.88 bits per heavy atom. The van der Waals surface area contributed by atoms with Gasteiger partial charge in [-0.1, -0.05) is 24.8 Å². The number of benzene rings is 2. The third-order valence-electron chi connectivity index (χ3n) is 4.34. The Morgan fingerprint density at radius 2 is 1.92 bits per heavy atom. The van der Waals surface area contributed by atoms with Crippen molar-refractivity contribution in [1.82, 2.24) is 9.97 Å². The number of nitrogens with zero attached hydrogens (tertiary/aromatic N) is 1. The maximum atomic E-state index is 4.40. The molecule has 0 spiro atoms. The first-order valence-electron chi connectivity index (χ1n) is 8.15. The minimum absolute atomic E-state index is 0.890. The summed E-state index contributed by atoms with van der Waals surface area (Å²) >= 11 is 0. The molecule has 0 saturated heterocycles. The molecule has 4 aromatic rings. The van der Waals surface area contributed by atoms with Crippen LogP contribution in [-0.4, -0.2) is 9.97 Å². The molecule has 118 valence electrons. The second-order valence-corrected chi connectivity index (χ2v) is 5.96. The maximum absolute atomic E-state index is 4.40. The molecule has 2 aromatic carbocycles.